The number of halogens is 3. The molecular formula is C24H25F3N8O3. The van der Waals surface area contributed by atoms with Gasteiger partial charge in [-0.05, 0) is 42.5 Å². The number of aryl methyl sites for hydroxylation is 1. The Labute approximate surface area is 214 Å². The molecule has 0 aliphatic heterocycles. The molecule has 0 saturated heterocycles. The van der Waals surface area contributed by atoms with Crippen LogP contribution in [0.25, 0.3) is 16.9 Å². The second kappa shape index (κ2) is 10.9. The van der Waals surface area contributed by atoms with E-state index in [1.54, 1.807) is 12.1 Å². The minimum absolute atomic E-state index is 0.113. The number of aromatic nitrogens is 5. The van der Waals surface area contributed by atoms with Crippen molar-refractivity contribution in [2.75, 3.05) is 11.9 Å². The van der Waals surface area contributed by atoms with Gasteiger partial charge in [-0.3, -0.25) is 19.1 Å². The Morgan fingerprint density at radius 2 is 2.08 bits per heavy atom. The van der Waals surface area contributed by atoms with Crippen molar-refractivity contribution < 1.29 is 27.9 Å². The molecule has 1 saturated carbocycles. The molecule has 11 nitrogen and oxygen atoms in total. The molecule has 2 atom stereocenters. The number of nitrogens with two attached hydrogens (primary N) is 1. The van der Waals surface area contributed by atoms with Gasteiger partial charge in [-0.1, -0.05) is 6.92 Å². The van der Waals surface area contributed by atoms with Crippen LogP contribution in [-0.2, 0) is 17.4 Å². The van der Waals surface area contributed by atoms with Crippen LogP contribution in [0.4, 0.5) is 24.7 Å². The fraction of sp³-hybridized carbons (Fsp3) is 0.292. The number of alkyl halides is 3. The van der Waals surface area contributed by atoms with Crippen LogP contribution in [-0.4, -0.2) is 54.6 Å². The highest BCUT2D eigenvalue weighted by Gasteiger charge is 2.37. The van der Waals surface area contributed by atoms with Crippen molar-refractivity contribution in [2.24, 2.45) is 11.7 Å². The van der Waals surface area contributed by atoms with Crippen LogP contribution in [0.5, 0.6) is 0 Å². The number of aromatic amines is 1. The number of hydrogen-bond donors (Lipinski definition) is 5. The van der Waals surface area contributed by atoms with Crippen molar-refractivity contribution in [2.45, 2.75) is 32.0 Å². The Hall–Kier alpha value is -4.46. The summed E-state index contributed by atoms with van der Waals surface area (Å²) in [6.45, 7) is 2.26. The zero-order valence-electron chi connectivity index (χ0n) is 20.2. The van der Waals surface area contributed by atoms with E-state index in [2.05, 4.69) is 30.8 Å². The first-order valence-electron chi connectivity index (χ1n) is 11.6. The molecule has 3 heterocycles. The number of H-pyrrole nitrogens is 1. The van der Waals surface area contributed by atoms with Crippen LogP contribution in [0.1, 0.15) is 35.0 Å². The number of rotatable bonds is 7. The van der Waals surface area contributed by atoms with Crippen molar-refractivity contribution in [3.8, 4) is 11.3 Å². The highest BCUT2D eigenvalue weighted by molar-refractivity contribution is 5.96. The van der Waals surface area contributed by atoms with Gasteiger partial charge in [0.05, 0.1) is 17.5 Å². The normalized spacial score (nSPS) is 16.4. The monoisotopic (exact) mass is 530 g/mol. The number of carbonyl (C=O) groups is 2. The highest BCUT2D eigenvalue weighted by atomic mass is 19.4. The third-order valence-electron chi connectivity index (χ3n) is 6.11. The van der Waals surface area contributed by atoms with Crippen LogP contribution >= 0.6 is 0 Å². The number of anilines is 2. The number of hydrogen-bond acceptors (Lipinski definition) is 7. The summed E-state index contributed by atoms with van der Waals surface area (Å²) < 4.78 is 41.5. The largest absolute Gasteiger partial charge is 0.483 e. The number of nitrogens with one attached hydrogen (secondary N) is 3. The molecule has 1 aliphatic rings. The van der Waals surface area contributed by atoms with E-state index in [0.29, 0.717) is 41.6 Å². The summed E-state index contributed by atoms with van der Waals surface area (Å²) >= 11 is 0. The molecule has 1 aromatic carbocycles. The lowest BCUT2D eigenvalue weighted by molar-refractivity contribution is -0.140. The fourth-order valence-corrected chi connectivity index (χ4v) is 4.05. The summed E-state index contributed by atoms with van der Waals surface area (Å²) in [5.74, 6) is 0.550. The molecule has 0 radical (unpaired) electrons. The predicted octanol–water partition coefficient (Wildman–Crippen LogP) is 3.22. The van der Waals surface area contributed by atoms with E-state index in [9.17, 15) is 18.0 Å². The maximum Gasteiger partial charge on any atom is 0.435 e. The van der Waals surface area contributed by atoms with Gasteiger partial charge in [-0.2, -0.15) is 18.3 Å². The standard InChI is InChI=1S/C23H23F3N8O.CH2O2/c1-2-12-7-14(3-4-15(12)22(35)30-9-13-8-17(13)27)32-20-21-29-11-18(34(21)6-5-28-20)16-10-31-33-19(16)23(24,25)26;2-1-3/h3-7,10-11,13,17H,2,8-9,27H2,1H3,(H,28,32)(H,30,35)(H,31,33);1H,(H,2,3). The van der Waals surface area contributed by atoms with Crippen molar-refractivity contribution in [1.29, 1.82) is 0 Å². The molecular weight excluding hydrogens is 505 g/mol. The van der Waals surface area contributed by atoms with Crippen LogP contribution in [0.2, 0.25) is 0 Å². The van der Waals surface area contributed by atoms with E-state index in [1.165, 1.54) is 29.2 Å². The summed E-state index contributed by atoms with van der Waals surface area (Å²) in [6, 6.07) is 5.51. The Morgan fingerprint density at radius 1 is 1.34 bits per heavy atom. The van der Waals surface area contributed by atoms with E-state index in [1.807, 2.05) is 13.0 Å². The minimum atomic E-state index is -4.61. The number of fused-ring (bicyclic) bond motifs is 1. The topological polar surface area (TPSA) is 163 Å². The summed E-state index contributed by atoms with van der Waals surface area (Å²) in [6.07, 6.45) is 2.49. The van der Waals surface area contributed by atoms with Gasteiger partial charge >= 0.3 is 6.18 Å². The van der Waals surface area contributed by atoms with Gasteiger partial charge in [0.2, 0.25) is 0 Å². The van der Waals surface area contributed by atoms with E-state index < -0.39 is 11.9 Å². The average molecular weight is 531 g/mol. The number of carboxylic acid groups (broad SMARTS) is 1. The van der Waals surface area contributed by atoms with Gasteiger partial charge in [0.15, 0.2) is 17.2 Å². The summed E-state index contributed by atoms with van der Waals surface area (Å²) in [5.41, 5.74) is 7.35. The van der Waals surface area contributed by atoms with Gasteiger partial charge < -0.3 is 21.5 Å². The summed E-state index contributed by atoms with van der Waals surface area (Å²) in [5, 5.41) is 18.6. The first kappa shape index (κ1) is 26.6. The molecule has 38 heavy (non-hydrogen) atoms. The maximum absolute atomic E-state index is 13.3. The molecule has 6 N–H and O–H groups in total. The van der Waals surface area contributed by atoms with Gasteiger partial charge in [-0.15, -0.1) is 0 Å². The average Bonchev–Trinajstić information content (AvgIpc) is 3.25. The third-order valence-corrected chi connectivity index (χ3v) is 6.11. The van der Waals surface area contributed by atoms with E-state index in [0.717, 1.165) is 12.0 Å². The number of amides is 1. The Kier molecular flexibility index (Phi) is 7.62. The molecule has 1 fully saturated rings. The van der Waals surface area contributed by atoms with Gasteiger partial charge in [-0.25, -0.2) is 9.97 Å². The number of imidazole rings is 1. The molecule has 1 amide bonds. The highest BCUT2D eigenvalue weighted by Crippen LogP contribution is 2.36. The van der Waals surface area contributed by atoms with Gasteiger partial charge in [0.1, 0.15) is 0 Å². The lowest BCUT2D eigenvalue weighted by Crippen LogP contribution is -2.28. The SMILES string of the molecule is CCc1cc(Nc2nccn3c(-c4c[nH]nc4C(F)(F)F)cnc23)ccc1C(=O)NCC1CC1N.O=CO. The summed E-state index contributed by atoms with van der Waals surface area (Å²) in [7, 11) is 0. The lowest BCUT2D eigenvalue weighted by Gasteiger charge is -2.13. The molecule has 4 aromatic rings. The Balaban J connectivity index is 0.00000107. The molecule has 200 valence electrons. The summed E-state index contributed by atoms with van der Waals surface area (Å²) in [4.78, 5) is 29.6. The smallest absolute Gasteiger partial charge is 0.435 e. The fourth-order valence-electron chi connectivity index (χ4n) is 4.05. The zero-order chi connectivity index (χ0) is 27.4. The first-order valence-corrected chi connectivity index (χ1v) is 11.6. The second-order valence-electron chi connectivity index (χ2n) is 8.58. The molecule has 2 unspecified atom stereocenters. The van der Waals surface area contributed by atoms with E-state index in [-0.39, 0.29) is 29.7 Å². The van der Waals surface area contributed by atoms with Crippen LogP contribution < -0.4 is 16.4 Å². The van der Waals surface area contributed by atoms with Gasteiger partial charge in [0.25, 0.3) is 12.4 Å². The van der Waals surface area contributed by atoms with E-state index in [4.69, 9.17) is 15.6 Å². The number of nitrogens with zero attached hydrogens (tertiary/aromatic N) is 4. The Bertz CT molecular complexity index is 1450. The van der Waals surface area contributed by atoms with Crippen LogP contribution in [0.15, 0.2) is 43.0 Å². The van der Waals surface area contributed by atoms with Gasteiger partial charge in [0, 0.05) is 42.4 Å². The number of carbonyl (C=O) groups excluding carboxylic acids is 1. The first-order chi connectivity index (χ1) is 18.2. The zero-order valence-corrected chi connectivity index (χ0v) is 20.2. The quantitative estimate of drug-likeness (QED) is 0.227. The molecule has 1 aliphatic carbocycles. The molecule has 3 aromatic heterocycles. The van der Waals surface area contributed by atoms with Crippen molar-refractivity contribution in [3.05, 3.63) is 59.8 Å². The lowest BCUT2D eigenvalue weighted by atomic mass is 10.0. The molecule has 14 heteroatoms. The van der Waals surface area contributed by atoms with Crippen molar-refractivity contribution >= 4 is 29.5 Å². The Morgan fingerprint density at radius 3 is 2.74 bits per heavy atom. The second-order valence-corrected chi connectivity index (χ2v) is 8.58. The van der Waals surface area contributed by atoms with Crippen LogP contribution in [0.3, 0.4) is 0 Å². The molecule has 0 bridgehead atoms. The predicted molar refractivity (Wildman–Crippen MR) is 132 cm³/mol. The molecule has 0 spiro atoms. The molecule has 5 rings (SSSR count). The third kappa shape index (κ3) is 5.59. The maximum atomic E-state index is 13.3. The van der Waals surface area contributed by atoms with Crippen molar-refractivity contribution in [3.63, 3.8) is 0 Å². The number of benzene rings is 1. The van der Waals surface area contributed by atoms with Crippen LogP contribution in [0, 0.1) is 5.92 Å². The van der Waals surface area contributed by atoms with E-state index >= 15 is 0 Å². The minimum Gasteiger partial charge on any atom is -0.483 e. The van der Waals surface area contributed by atoms with Crippen molar-refractivity contribution in [1.82, 2.24) is 29.9 Å².